The summed E-state index contributed by atoms with van der Waals surface area (Å²) in [5.41, 5.74) is 2.44. The number of ketones is 1. The number of carbonyl (C=O) groups is 1. The van der Waals surface area contributed by atoms with Gasteiger partial charge in [0.05, 0.1) is 13.2 Å². The van der Waals surface area contributed by atoms with Crippen LogP contribution < -0.4 is 4.90 Å². The summed E-state index contributed by atoms with van der Waals surface area (Å²) in [6.07, 6.45) is 3.22. The summed E-state index contributed by atoms with van der Waals surface area (Å²) in [6, 6.07) is 13.7. The van der Waals surface area contributed by atoms with Gasteiger partial charge in [0.25, 0.3) is 0 Å². The van der Waals surface area contributed by atoms with Gasteiger partial charge in [-0.3, -0.25) is 4.79 Å². The van der Waals surface area contributed by atoms with Crippen molar-refractivity contribution in [2.45, 2.75) is 0 Å². The zero-order valence-electron chi connectivity index (χ0n) is 12.7. The molecule has 0 amide bonds. The van der Waals surface area contributed by atoms with Gasteiger partial charge in [-0.25, -0.2) is 4.39 Å². The average Bonchev–Trinajstić information content (AvgIpc) is 2.61. The Bertz CT molecular complexity index is 704. The second kappa shape index (κ2) is 7.20. The normalized spacial score (nSPS) is 15.1. The molecule has 0 spiro atoms. The molecule has 4 heteroatoms. The number of allylic oxidation sites excluding steroid dienone is 1. The molecule has 0 atom stereocenters. The fourth-order valence-corrected chi connectivity index (χ4v) is 2.53. The topological polar surface area (TPSA) is 29.5 Å². The Morgan fingerprint density at radius 2 is 1.83 bits per heavy atom. The lowest BCUT2D eigenvalue weighted by Crippen LogP contribution is -2.36. The summed E-state index contributed by atoms with van der Waals surface area (Å²) in [5, 5.41) is 0. The molecule has 2 aromatic rings. The molecule has 118 valence electrons. The van der Waals surface area contributed by atoms with Crippen molar-refractivity contribution in [3.05, 3.63) is 71.6 Å². The summed E-state index contributed by atoms with van der Waals surface area (Å²) < 4.78 is 18.5. The van der Waals surface area contributed by atoms with Crippen molar-refractivity contribution >= 4 is 17.5 Å². The van der Waals surface area contributed by atoms with Crippen molar-refractivity contribution in [2.24, 2.45) is 0 Å². The van der Waals surface area contributed by atoms with Crippen LogP contribution in [0.4, 0.5) is 10.1 Å². The van der Waals surface area contributed by atoms with Gasteiger partial charge in [0.2, 0.25) is 0 Å². The third-order valence-corrected chi connectivity index (χ3v) is 3.81. The van der Waals surface area contributed by atoms with Crippen LogP contribution in [0.1, 0.15) is 15.9 Å². The van der Waals surface area contributed by atoms with E-state index in [4.69, 9.17) is 4.74 Å². The Morgan fingerprint density at radius 1 is 1.09 bits per heavy atom. The highest BCUT2D eigenvalue weighted by Gasteiger charge is 2.10. The molecule has 23 heavy (non-hydrogen) atoms. The highest BCUT2D eigenvalue weighted by molar-refractivity contribution is 6.06. The van der Waals surface area contributed by atoms with E-state index in [2.05, 4.69) is 4.90 Å². The average molecular weight is 311 g/mol. The van der Waals surface area contributed by atoms with Crippen LogP contribution in [0.5, 0.6) is 0 Å². The summed E-state index contributed by atoms with van der Waals surface area (Å²) in [5.74, 6) is -0.610. The van der Waals surface area contributed by atoms with E-state index in [1.54, 1.807) is 12.1 Å². The minimum atomic E-state index is -0.404. The molecule has 1 aliphatic heterocycles. The zero-order chi connectivity index (χ0) is 16.1. The molecule has 0 aliphatic carbocycles. The molecule has 0 radical (unpaired) electrons. The number of hydrogen-bond acceptors (Lipinski definition) is 3. The largest absolute Gasteiger partial charge is 0.378 e. The Labute approximate surface area is 135 Å². The van der Waals surface area contributed by atoms with Crippen molar-refractivity contribution in [1.82, 2.24) is 0 Å². The smallest absolute Gasteiger partial charge is 0.185 e. The van der Waals surface area contributed by atoms with Crippen LogP contribution in [0.2, 0.25) is 0 Å². The van der Waals surface area contributed by atoms with Gasteiger partial charge in [-0.2, -0.15) is 0 Å². The number of hydrogen-bond donors (Lipinski definition) is 0. The third kappa shape index (κ3) is 4.05. The van der Waals surface area contributed by atoms with Gasteiger partial charge in [-0.05, 0) is 35.9 Å². The van der Waals surface area contributed by atoms with Crippen LogP contribution in [0.15, 0.2) is 54.6 Å². The highest BCUT2D eigenvalue weighted by atomic mass is 19.1. The summed E-state index contributed by atoms with van der Waals surface area (Å²) in [4.78, 5) is 14.3. The van der Waals surface area contributed by atoms with Crippen LogP contribution in [-0.4, -0.2) is 32.1 Å². The van der Waals surface area contributed by atoms with Crippen molar-refractivity contribution < 1.29 is 13.9 Å². The monoisotopic (exact) mass is 311 g/mol. The van der Waals surface area contributed by atoms with E-state index in [9.17, 15) is 9.18 Å². The van der Waals surface area contributed by atoms with Crippen molar-refractivity contribution in [2.75, 3.05) is 31.2 Å². The predicted octanol–water partition coefficient (Wildman–Crippen LogP) is 3.56. The Hall–Kier alpha value is -2.46. The van der Waals surface area contributed by atoms with Crippen molar-refractivity contribution in [1.29, 1.82) is 0 Å². The van der Waals surface area contributed by atoms with Crippen LogP contribution in [0.3, 0.4) is 0 Å². The molecule has 1 fully saturated rings. The summed E-state index contributed by atoms with van der Waals surface area (Å²) >= 11 is 0. The second-order valence-corrected chi connectivity index (χ2v) is 5.40. The predicted molar refractivity (Wildman–Crippen MR) is 89.2 cm³/mol. The number of ether oxygens (including phenoxy) is 1. The molecule has 0 saturated carbocycles. The van der Waals surface area contributed by atoms with Crippen LogP contribution >= 0.6 is 0 Å². The Balaban J connectivity index is 1.66. The number of morpholine rings is 1. The molecular weight excluding hydrogens is 293 g/mol. The number of carbonyl (C=O) groups excluding carboxylic acids is 1. The van der Waals surface area contributed by atoms with Crippen LogP contribution in [-0.2, 0) is 4.74 Å². The van der Waals surface area contributed by atoms with Crippen LogP contribution in [0, 0.1) is 5.82 Å². The molecule has 1 saturated heterocycles. The molecule has 3 rings (SSSR count). The molecule has 0 unspecified atom stereocenters. The standard InChI is InChI=1S/C19H18FNO2/c20-17-3-1-2-16(14-17)19(22)9-6-15-4-7-18(8-5-15)21-10-12-23-13-11-21/h1-9,14H,10-13H2/b9-6+. The Morgan fingerprint density at radius 3 is 2.52 bits per heavy atom. The molecular formula is C19H18FNO2. The number of benzene rings is 2. The molecule has 0 bridgehead atoms. The third-order valence-electron chi connectivity index (χ3n) is 3.81. The quantitative estimate of drug-likeness (QED) is 0.639. The number of halogens is 1. The van der Waals surface area contributed by atoms with E-state index >= 15 is 0 Å². The van der Waals surface area contributed by atoms with E-state index in [-0.39, 0.29) is 5.78 Å². The second-order valence-electron chi connectivity index (χ2n) is 5.40. The van der Waals surface area contributed by atoms with Gasteiger partial charge in [0, 0.05) is 24.3 Å². The lowest BCUT2D eigenvalue weighted by molar-refractivity contribution is 0.104. The van der Waals surface area contributed by atoms with E-state index in [0.29, 0.717) is 5.56 Å². The van der Waals surface area contributed by atoms with Gasteiger partial charge in [0.15, 0.2) is 5.78 Å². The minimum absolute atomic E-state index is 0.207. The summed E-state index contributed by atoms with van der Waals surface area (Å²) in [7, 11) is 0. The molecule has 0 aromatic heterocycles. The molecule has 1 heterocycles. The highest BCUT2D eigenvalue weighted by Crippen LogP contribution is 2.17. The van der Waals surface area contributed by atoms with Gasteiger partial charge < -0.3 is 9.64 Å². The maximum Gasteiger partial charge on any atom is 0.185 e. The fraction of sp³-hybridized carbons (Fsp3) is 0.211. The zero-order valence-corrected chi connectivity index (χ0v) is 12.7. The van der Waals surface area contributed by atoms with Gasteiger partial charge >= 0.3 is 0 Å². The van der Waals surface area contributed by atoms with E-state index in [0.717, 1.165) is 37.6 Å². The molecule has 0 N–H and O–H groups in total. The summed E-state index contributed by atoms with van der Waals surface area (Å²) in [6.45, 7) is 3.30. The number of rotatable bonds is 4. The van der Waals surface area contributed by atoms with Gasteiger partial charge in [0.1, 0.15) is 5.82 Å². The van der Waals surface area contributed by atoms with Crippen molar-refractivity contribution in [3.8, 4) is 0 Å². The van der Waals surface area contributed by atoms with Gasteiger partial charge in [-0.1, -0.05) is 30.3 Å². The maximum atomic E-state index is 13.1. The van der Waals surface area contributed by atoms with Gasteiger partial charge in [-0.15, -0.1) is 0 Å². The van der Waals surface area contributed by atoms with E-state index in [1.807, 2.05) is 24.3 Å². The first-order valence-electron chi connectivity index (χ1n) is 7.63. The first-order valence-corrected chi connectivity index (χ1v) is 7.63. The maximum absolute atomic E-state index is 13.1. The fourth-order valence-electron chi connectivity index (χ4n) is 2.53. The van der Waals surface area contributed by atoms with Crippen molar-refractivity contribution in [3.63, 3.8) is 0 Å². The first-order chi connectivity index (χ1) is 11.2. The number of anilines is 1. The first kappa shape index (κ1) is 15.4. The molecule has 1 aliphatic rings. The number of nitrogens with zero attached hydrogens (tertiary/aromatic N) is 1. The SMILES string of the molecule is O=C(/C=C/c1ccc(N2CCOCC2)cc1)c1cccc(F)c1. The molecule has 3 nitrogen and oxygen atoms in total. The molecule has 2 aromatic carbocycles. The minimum Gasteiger partial charge on any atom is -0.378 e. The lowest BCUT2D eigenvalue weighted by Gasteiger charge is -2.28. The lowest BCUT2D eigenvalue weighted by atomic mass is 10.1. The van der Waals surface area contributed by atoms with E-state index < -0.39 is 5.82 Å². The van der Waals surface area contributed by atoms with Crippen LogP contribution in [0.25, 0.3) is 6.08 Å². The van der Waals surface area contributed by atoms with E-state index in [1.165, 1.54) is 24.3 Å². The Kier molecular flexibility index (Phi) is 4.83.